The van der Waals surface area contributed by atoms with E-state index >= 15 is 0 Å². The second-order valence-electron chi connectivity index (χ2n) is 4.19. The summed E-state index contributed by atoms with van der Waals surface area (Å²) in [5, 5.41) is 16.8. The third-order valence-corrected chi connectivity index (χ3v) is 2.70. The SMILES string of the molecule is Cc1ccc(NC(CO)c2cnn(C)c2)cc1. The highest BCUT2D eigenvalue weighted by Gasteiger charge is 2.11. The van der Waals surface area contributed by atoms with Gasteiger partial charge in [-0.3, -0.25) is 4.68 Å². The zero-order chi connectivity index (χ0) is 12.3. The predicted octanol–water partition coefficient (Wildman–Crippen LogP) is 1.87. The van der Waals surface area contributed by atoms with Crippen LogP contribution in [-0.2, 0) is 7.05 Å². The van der Waals surface area contributed by atoms with Gasteiger partial charge in [-0.25, -0.2) is 0 Å². The molecule has 0 saturated heterocycles. The lowest BCUT2D eigenvalue weighted by Gasteiger charge is -2.16. The Morgan fingerprint density at radius 2 is 2.06 bits per heavy atom. The van der Waals surface area contributed by atoms with Gasteiger partial charge in [0.25, 0.3) is 0 Å². The molecule has 1 aromatic carbocycles. The van der Waals surface area contributed by atoms with Crippen molar-refractivity contribution in [2.24, 2.45) is 7.05 Å². The fourth-order valence-electron chi connectivity index (χ4n) is 1.71. The van der Waals surface area contributed by atoms with Crippen LogP contribution < -0.4 is 5.32 Å². The Morgan fingerprint density at radius 3 is 2.59 bits per heavy atom. The van der Waals surface area contributed by atoms with Crippen molar-refractivity contribution in [2.45, 2.75) is 13.0 Å². The fourth-order valence-corrected chi connectivity index (χ4v) is 1.71. The molecule has 17 heavy (non-hydrogen) atoms. The van der Waals surface area contributed by atoms with Crippen molar-refractivity contribution >= 4 is 5.69 Å². The van der Waals surface area contributed by atoms with Crippen molar-refractivity contribution < 1.29 is 5.11 Å². The van der Waals surface area contributed by atoms with E-state index in [1.165, 1.54) is 5.56 Å². The van der Waals surface area contributed by atoms with Crippen LogP contribution in [0.3, 0.4) is 0 Å². The molecule has 2 N–H and O–H groups in total. The summed E-state index contributed by atoms with van der Waals surface area (Å²) in [6, 6.07) is 7.98. The van der Waals surface area contributed by atoms with Crippen LogP contribution in [0.2, 0.25) is 0 Å². The topological polar surface area (TPSA) is 50.1 Å². The fraction of sp³-hybridized carbons (Fsp3) is 0.308. The summed E-state index contributed by atoms with van der Waals surface area (Å²) in [6.45, 7) is 2.09. The second-order valence-corrected chi connectivity index (χ2v) is 4.19. The zero-order valence-corrected chi connectivity index (χ0v) is 10.1. The number of aliphatic hydroxyl groups is 1. The minimum atomic E-state index is -0.119. The van der Waals surface area contributed by atoms with Crippen molar-refractivity contribution in [3.05, 3.63) is 47.8 Å². The van der Waals surface area contributed by atoms with Gasteiger partial charge in [0.05, 0.1) is 18.8 Å². The average Bonchev–Trinajstić information content (AvgIpc) is 2.75. The number of hydrogen-bond acceptors (Lipinski definition) is 3. The molecule has 0 saturated carbocycles. The third-order valence-electron chi connectivity index (χ3n) is 2.70. The van der Waals surface area contributed by atoms with Crippen LogP contribution in [0, 0.1) is 6.92 Å². The highest BCUT2D eigenvalue weighted by molar-refractivity contribution is 5.46. The first-order valence-corrected chi connectivity index (χ1v) is 5.61. The number of aryl methyl sites for hydroxylation is 2. The molecule has 0 aliphatic rings. The molecule has 1 heterocycles. The van der Waals surface area contributed by atoms with E-state index in [0.717, 1.165) is 11.3 Å². The monoisotopic (exact) mass is 231 g/mol. The second kappa shape index (κ2) is 5.01. The van der Waals surface area contributed by atoms with Crippen LogP contribution >= 0.6 is 0 Å². The molecule has 1 atom stereocenters. The number of hydrogen-bond donors (Lipinski definition) is 2. The molecule has 4 nitrogen and oxygen atoms in total. The van der Waals surface area contributed by atoms with Gasteiger partial charge in [-0.1, -0.05) is 17.7 Å². The maximum Gasteiger partial charge on any atom is 0.0775 e. The van der Waals surface area contributed by atoms with Crippen molar-refractivity contribution in [2.75, 3.05) is 11.9 Å². The number of aliphatic hydroxyl groups excluding tert-OH is 1. The highest BCUT2D eigenvalue weighted by atomic mass is 16.3. The Hall–Kier alpha value is -1.81. The van der Waals surface area contributed by atoms with Gasteiger partial charge in [-0.15, -0.1) is 0 Å². The molecule has 90 valence electrons. The van der Waals surface area contributed by atoms with Gasteiger partial charge in [-0.05, 0) is 19.1 Å². The number of benzene rings is 1. The van der Waals surface area contributed by atoms with E-state index in [4.69, 9.17) is 0 Å². The molecule has 2 rings (SSSR count). The summed E-state index contributed by atoms with van der Waals surface area (Å²) in [6.07, 6.45) is 3.67. The highest BCUT2D eigenvalue weighted by Crippen LogP contribution is 2.18. The quantitative estimate of drug-likeness (QED) is 0.844. The van der Waals surface area contributed by atoms with Crippen molar-refractivity contribution in [3.8, 4) is 0 Å². The zero-order valence-electron chi connectivity index (χ0n) is 10.1. The number of nitrogens with one attached hydrogen (secondary N) is 1. The summed E-state index contributed by atoms with van der Waals surface area (Å²) in [4.78, 5) is 0. The predicted molar refractivity (Wildman–Crippen MR) is 67.8 cm³/mol. The van der Waals surface area contributed by atoms with Gasteiger partial charge in [0.2, 0.25) is 0 Å². The maximum absolute atomic E-state index is 9.41. The number of aromatic nitrogens is 2. The lowest BCUT2D eigenvalue weighted by Crippen LogP contribution is -2.14. The summed E-state index contributed by atoms with van der Waals surface area (Å²) >= 11 is 0. The maximum atomic E-state index is 9.41. The van der Waals surface area contributed by atoms with E-state index < -0.39 is 0 Å². The minimum absolute atomic E-state index is 0.0412. The van der Waals surface area contributed by atoms with Gasteiger partial charge in [-0.2, -0.15) is 5.10 Å². The third kappa shape index (κ3) is 2.85. The van der Waals surface area contributed by atoms with Crippen LogP contribution in [0.15, 0.2) is 36.7 Å². The molecule has 0 bridgehead atoms. The first-order chi connectivity index (χ1) is 8.19. The van der Waals surface area contributed by atoms with E-state index in [0.29, 0.717) is 0 Å². The van der Waals surface area contributed by atoms with E-state index in [1.807, 2.05) is 37.5 Å². The molecule has 1 aromatic heterocycles. The Bertz CT molecular complexity index is 476. The van der Waals surface area contributed by atoms with Gasteiger partial charge in [0.1, 0.15) is 0 Å². The van der Waals surface area contributed by atoms with Gasteiger partial charge >= 0.3 is 0 Å². The van der Waals surface area contributed by atoms with Crippen LogP contribution in [-0.4, -0.2) is 21.5 Å². The first kappa shape index (κ1) is 11.7. The van der Waals surface area contributed by atoms with Gasteiger partial charge in [0.15, 0.2) is 0 Å². The Labute approximate surface area is 101 Å². The number of nitrogens with zero attached hydrogens (tertiary/aromatic N) is 2. The van der Waals surface area contributed by atoms with Gasteiger partial charge < -0.3 is 10.4 Å². The van der Waals surface area contributed by atoms with Crippen LogP contribution in [0.25, 0.3) is 0 Å². The van der Waals surface area contributed by atoms with E-state index in [2.05, 4.69) is 17.3 Å². The van der Waals surface area contributed by atoms with Crippen molar-refractivity contribution in [3.63, 3.8) is 0 Å². The van der Waals surface area contributed by atoms with E-state index in [1.54, 1.807) is 10.9 Å². The van der Waals surface area contributed by atoms with Crippen molar-refractivity contribution in [1.82, 2.24) is 9.78 Å². The van der Waals surface area contributed by atoms with Crippen LogP contribution in [0.1, 0.15) is 17.2 Å². The van der Waals surface area contributed by atoms with Gasteiger partial charge in [0, 0.05) is 24.5 Å². The molecular formula is C13H17N3O. The lowest BCUT2D eigenvalue weighted by molar-refractivity contribution is 0.276. The molecule has 1 unspecified atom stereocenters. The first-order valence-electron chi connectivity index (χ1n) is 5.61. The smallest absolute Gasteiger partial charge is 0.0775 e. The molecule has 0 spiro atoms. The van der Waals surface area contributed by atoms with Crippen LogP contribution in [0.4, 0.5) is 5.69 Å². The number of anilines is 1. The minimum Gasteiger partial charge on any atom is -0.394 e. The molecule has 0 aliphatic carbocycles. The molecule has 2 aromatic rings. The van der Waals surface area contributed by atoms with Crippen molar-refractivity contribution in [1.29, 1.82) is 0 Å². The molecule has 4 heteroatoms. The average molecular weight is 231 g/mol. The Kier molecular flexibility index (Phi) is 3.44. The summed E-state index contributed by atoms with van der Waals surface area (Å²) in [5.74, 6) is 0. The lowest BCUT2D eigenvalue weighted by atomic mass is 10.1. The van der Waals surface area contributed by atoms with E-state index in [-0.39, 0.29) is 12.6 Å². The molecule has 0 aliphatic heterocycles. The molecule has 0 amide bonds. The normalized spacial score (nSPS) is 12.4. The summed E-state index contributed by atoms with van der Waals surface area (Å²) in [7, 11) is 1.86. The summed E-state index contributed by atoms with van der Waals surface area (Å²) < 4.78 is 1.73. The number of rotatable bonds is 4. The summed E-state index contributed by atoms with van der Waals surface area (Å²) in [5.41, 5.74) is 3.20. The van der Waals surface area contributed by atoms with E-state index in [9.17, 15) is 5.11 Å². The Balaban J connectivity index is 2.12. The largest absolute Gasteiger partial charge is 0.394 e. The molecule has 0 fully saturated rings. The Morgan fingerprint density at radius 1 is 1.35 bits per heavy atom. The standard InChI is InChI=1S/C13H17N3O/c1-10-3-5-12(6-4-10)15-13(9-17)11-7-14-16(2)8-11/h3-8,13,15,17H,9H2,1-2H3. The molecular weight excluding hydrogens is 214 g/mol. The molecule has 0 radical (unpaired) electrons. The van der Waals surface area contributed by atoms with Crippen LogP contribution in [0.5, 0.6) is 0 Å².